The molecule has 3 N–H and O–H groups in total. The highest BCUT2D eigenvalue weighted by molar-refractivity contribution is 6.03. The zero-order valence-corrected chi connectivity index (χ0v) is 11.5. The van der Waals surface area contributed by atoms with Gasteiger partial charge in [0, 0.05) is 24.7 Å². The zero-order chi connectivity index (χ0) is 14.9. The summed E-state index contributed by atoms with van der Waals surface area (Å²) in [6, 6.07) is 4.33. The fourth-order valence-corrected chi connectivity index (χ4v) is 2.07. The van der Waals surface area contributed by atoms with Crippen molar-refractivity contribution in [2.75, 3.05) is 12.8 Å². The summed E-state index contributed by atoms with van der Waals surface area (Å²) < 4.78 is 0. The number of amides is 3. The summed E-state index contributed by atoms with van der Waals surface area (Å²) >= 11 is 0. The number of piperidine rings is 1. The molecule has 0 bridgehead atoms. The van der Waals surface area contributed by atoms with E-state index in [0.29, 0.717) is 17.7 Å². The largest absolute Gasteiger partial charge is 0.398 e. The van der Waals surface area contributed by atoms with E-state index in [2.05, 4.69) is 5.32 Å². The van der Waals surface area contributed by atoms with E-state index in [9.17, 15) is 14.4 Å². The molecule has 6 heteroatoms. The lowest BCUT2D eigenvalue weighted by Gasteiger charge is -2.28. The number of aryl methyl sites for hydroxylation is 1. The molecule has 1 unspecified atom stereocenters. The first-order valence-electron chi connectivity index (χ1n) is 6.37. The molecule has 1 aromatic rings. The number of nitrogens with one attached hydrogen (secondary N) is 1. The summed E-state index contributed by atoms with van der Waals surface area (Å²) in [6.07, 6.45) is 0.582. The van der Waals surface area contributed by atoms with Gasteiger partial charge in [-0.1, -0.05) is 6.07 Å². The minimum atomic E-state index is -0.660. The van der Waals surface area contributed by atoms with Crippen LogP contribution in [-0.2, 0) is 9.59 Å². The number of carbonyl (C=O) groups is 3. The lowest BCUT2D eigenvalue weighted by molar-refractivity contribution is -0.147. The van der Waals surface area contributed by atoms with Crippen LogP contribution in [0.5, 0.6) is 0 Å². The van der Waals surface area contributed by atoms with Crippen molar-refractivity contribution in [3.8, 4) is 0 Å². The molecule has 106 valence electrons. The number of nitrogens with two attached hydrogens (primary N) is 1. The van der Waals surface area contributed by atoms with Gasteiger partial charge in [0.2, 0.25) is 5.91 Å². The molecule has 6 nitrogen and oxygen atoms in total. The molecule has 1 aromatic carbocycles. The second-order valence-electron chi connectivity index (χ2n) is 4.93. The summed E-state index contributed by atoms with van der Waals surface area (Å²) in [6.45, 7) is 1.85. The molecule has 3 amide bonds. The minimum absolute atomic E-state index is 0.222. The van der Waals surface area contributed by atoms with Gasteiger partial charge in [0.25, 0.3) is 11.8 Å². The molecular formula is C14H17N3O3. The first kappa shape index (κ1) is 14.0. The summed E-state index contributed by atoms with van der Waals surface area (Å²) in [5.41, 5.74) is 7.58. The quantitative estimate of drug-likeness (QED) is 0.605. The van der Waals surface area contributed by atoms with Gasteiger partial charge in [-0.25, -0.2) is 0 Å². The maximum absolute atomic E-state index is 12.1. The summed E-state index contributed by atoms with van der Waals surface area (Å²) in [7, 11) is 1.42. The van der Waals surface area contributed by atoms with E-state index in [1.165, 1.54) is 7.05 Å². The van der Waals surface area contributed by atoms with E-state index in [0.717, 1.165) is 10.5 Å². The van der Waals surface area contributed by atoms with Crippen molar-refractivity contribution >= 4 is 23.4 Å². The number of hydrogen-bond donors (Lipinski definition) is 2. The van der Waals surface area contributed by atoms with Crippen molar-refractivity contribution in [3.05, 3.63) is 29.3 Å². The molecule has 1 saturated heterocycles. The van der Waals surface area contributed by atoms with Crippen LogP contribution in [0.2, 0.25) is 0 Å². The van der Waals surface area contributed by atoms with Crippen LogP contribution in [0.1, 0.15) is 28.8 Å². The van der Waals surface area contributed by atoms with Crippen molar-refractivity contribution in [3.63, 3.8) is 0 Å². The predicted molar refractivity (Wildman–Crippen MR) is 73.9 cm³/mol. The van der Waals surface area contributed by atoms with E-state index in [1.54, 1.807) is 18.2 Å². The Balaban J connectivity index is 2.09. The first-order valence-corrected chi connectivity index (χ1v) is 6.37. The minimum Gasteiger partial charge on any atom is -0.398 e. The lowest BCUT2D eigenvalue weighted by Crippen LogP contribution is -2.52. The molecule has 0 radical (unpaired) electrons. The highest BCUT2D eigenvalue weighted by Gasteiger charge is 2.32. The Bertz CT molecular complexity index is 583. The number of benzene rings is 1. The molecule has 1 aliphatic rings. The van der Waals surface area contributed by atoms with E-state index >= 15 is 0 Å². The Labute approximate surface area is 116 Å². The molecular weight excluding hydrogens is 258 g/mol. The van der Waals surface area contributed by atoms with Crippen LogP contribution in [0.3, 0.4) is 0 Å². The zero-order valence-electron chi connectivity index (χ0n) is 11.5. The van der Waals surface area contributed by atoms with Crippen molar-refractivity contribution in [1.29, 1.82) is 0 Å². The third-order valence-corrected chi connectivity index (χ3v) is 3.50. The van der Waals surface area contributed by atoms with Gasteiger partial charge in [-0.3, -0.25) is 19.3 Å². The number of imide groups is 1. The second kappa shape index (κ2) is 5.32. The summed E-state index contributed by atoms with van der Waals surface area (Å²) in [5, 5.41) is 2.64. The van der Waals surface area contributed by atoms with Crippen molar-refractivity contribution < 1.29 is 14.4 Å². The number of likely N-dealkylation sites (tertiary alicyclic amines) is 1. The van der Waals surface area contributed by atoms with Crippen LogP contribution in [-0.4, -0.2) is 35.7 Å². The third kappa shape index (κ3) is 2.64. The summed E-state index contributed by atoms with van der Waals surface area (Å²) in [4.78, 5) is 36.4. The fraction of sp³-hybridized carbons (Fsp3) is 0.357. The highest BCUT2D eigenvalue weighted by Crippen LogP contribution is 2.15. The monoisotopic (exact) mass is 275 g/mol. The fourth-order valence-electron chi connectivity index (χ4n) is 2.07. The Kier molecular flexibility index (Phi) is 3.74. The maximum atomic E-state index is 12.1. The Morgan fingerprint density at radius 1 is 1.40 bits per heavy atom. The molecule has 2 rings (SSSR count). The standard InChI is InChI=1S/C14H17N3O3/c1-8-3-4-9(7-10(8)15)13(19)16-11-5-6-12(18)17(2)14(11)20/h3-4,7,11H,5-6,15H2,1-2H3,(H,16,19). The van der Waals surface area contributed by atoms with Crippen molar-refractivity contribution in [1.82, 2.24) is 10.2 Å². The molecule has 1 fully saturated rings. The normalized spacial score (nSPS) is 19.1. The number of likely N-dealkylation sites (N-methyl/N-ethyl adjacent to an activating group) is 1. The Morgan fingerprint density at radius 2 is 2.10 bits per heavy atom. The predicted octanol–water partition coefficient (Wildman–Crippen LogP) is 0.454. The maximum Gasteiger partial charge on any atom is 0.252 e. The third-order valence-electron chi connectivity index (χ3n) is 3.50. The van der Waals surface area contributed by atoms with E-state index in [-0.39, 0.29) is 24.1 Å². The van der Waals surface area contributed by atoms with Gasteiger partial charge < -0.3 is 11.1 Å². The number of nitrogen functional groups attached to an aromatic ring is 1. The van der Waals surface area contributed by atoms with Crippen LogP contribution >= 0.6 is 0 Å². The number of nitrogens with zero attached hydrogens (tertiary/aromatic N) is 1. The number of hydrogen-bond acceptors (Lipinski definition) is 4. The molecule has 0 spiro atoms. The smallest absolute Gasteiger partial charge is 0.252 e. The molecule has 0 aromatic heterocycles. The van der Waals surface area contributed by atoms with Crippen LogP contribution in [0, 0.1) is 6.92 Å². The second-order valence-corrected chi connectivity index (χ2v) is 4.93. The molecule has 1 atom stereocenters. The molecule has 1 aliphatic heterocycles. The SMILES string of the molecule is Cc1ccc(C(=O)NC2CCC(=O)N(C)C2=O)cc1N. The van der Waals surface area contributed by atoms with Crippen LogP contribution in [0.15, 0.2) is 18.2 Å². The van der Waals surface area contributed by atoms with Gasteiger partial charge in [-0.15, -0.1) is 0 Å². The average Bonchev–Trinajstić information content (AvgIpc) is 2.42. The molecule has 20 heavy (non-hydrogen) atoms. The van der Waals surface area contributed by atoms with Gasteiger partial charge in [-0.2, -0.15) is 0 Å². The lowest BCUT2D eigenvalue weighted by atomic mass is 10.0. The van der Waals surface area contributed by atoms with Crippen LogP contribution < -0.4 is 11.1 Å². The van der Waals surface area contributed by atoms with Gasteiger partial charge >= 0.3 is 0 Å². The topological polar surface area (TPSA) is 92.5 Å². The average molecular weight is 275 g/mol. The van der Waals surface area contributed by atoms with Crippen LogP contribution in [0.4, 0.5) is 5.69 Å². The number of rotatable bonds is 2. The molecule has 0 aliphatic carbocycles. The van der Waals surface area contributed by atoms with Gasteiger partial charge in [-0.05, 0) is 31.0 Å². The van der Waals surface area contributed by atoms with Crippen molar-refractivity contribution in [2.45, 2.75) is 25.8 Å². The van der Waals surface area contributed by atoms with Gasteiger partial charge in [0.1, 0.15) is 6.04 Å². The van der Waals surface area contributed by atoms with E-state index in [1.807, 2.05) is 6.92 Å². The van der Waals surface area contributed by atoms with Crippen LogP contribution in [0.25, 0.3) is 0 Å². The molecule has 0 saturated carbocycles. The Hall–Kier alpha value is -2.37. The number of carbonyl (C=O) groups excluding carboxylic acids is 3. The van der Waals surface area contributed by atoms with E-state index in [4.69, 9.17) is 5.73 Å². The number of anilines is 1. The van der Waals surface area contributed by atoms with Crippen molar-refractivity contribution in [2.24, 2.45) is 0 Å². The van der Waals surface area contributed by atoms with Gasteiger partial charge in [0.15, 0.2) is 0 Å². The summed E-state index contributed by atoms with van der Waals surface area (Å²) in [5.74, 6) is -0.965. The highest BCUT2D eigenvalue weighted by atomic mass is 16.2. The van der Waals surface area contributed by atoms with Gasteiger partial charge in [0.05, 0.1) is 0 Å². The molecule has 1 heterocycles. The van der Waals surface area contributed by atoms with E-state index < -0.39 is 6.04 Å². The Morgan fingerprint density at radius 3 is 2.75 bits per heavy atom. The first-order chi connectivity index (χ1) is 9.40.